The Balaban J connectivity index is 1.39. The van der Waals surface area contributed by atoms with E-state index in [1.807, 2.05) is 24.0 Å². The molecule has 3 amide bonds. The lowest BCUT2D eigenvalue weighted by Gasteiger charge is -2.34. The fourth-order valence-electron chi connectivity index (χ4n) is 5.44. The van der Waals surface area contributed by atoms with E-state index in [0.717, 1.165) is 18.4 Å². The minimum Gasteiger partial charge on any atom is -0.449 e. The standard InChI is InChI=1S/C27H35ClF3N3O4/c1-26(11-12-26)24(36)33-13-8-19(9-14-33)23(35)34-16-21(18-4-6-20(28)7-5-18)22(17-34)32(2)25(37)38-15-3-10-27(29,30)31/h4-7,19,21-22H,3,8-17H2,1-2H3. The first-order valence-corrected chi connectivity index (χ1v) is 13.6. The fourth-order valence-corrected chi connectivity index (χ4v) is 5.56. The zero-order valence-corrected chi connectivity index (χ0v) is 22.6. The second kappa shape index (κ2) is 11.3. The molecule has 2 aliphatic heterocycles. The van der Waals surface area contributed by atoms with Crippen molar-refractivity contribution in [2.24, 2.45) is 11.3 Å². The second-order valence-corrected chi connectivity index (χ2v) is 11.5. The lowest BCUT2D eigenvalue weighted by molar-refractivity contribution is -0.142. The number of carbonyl (C=O) groups is 3. The molecule has 0 aromatic heterocycles. The number of rotatable bonds is 7. The van der Waals surface area contributed by atoms with Gasteiger partial charge in [0.2, 0.25) is 11.8 Å². The van der Waals surface area contributed by atoms with Crippen molar-refractivity contribution in [3.63, 3.8) is 0 Å². The largest absolute Gasteiger partial charge is 0.449 e. The molecular formula is C27H35ClF3N3O4. The lowest BCUT2D eigenvalue weighted by atomic mass is 9.93. The Kier molecular flexibility index (Phi) is 8.49. The number of piperidine rings is 1. The number of halogens is 4. The Morgan fingerprint density at radius 1 is 1.08 bits per heavy atom. The van der Waals surface area contributed by atoms with Crippen molar-refractivity contribution in [2.75, 3.05) is 39.8 Å². The number of amides is 3. The Morgan fingerprint density at radius 2 is 1.71 bits per heavy atom. The number of hydrogen-bond acceptors (Lipinski definition) is 4. The summed E-state index contributed by atoms with van der Waals surface area (Å²) in [7, 11) is 1.55. The average Bonchev–Trinajstić information content (AvgIpc) is 3.49. The predicted octanol–water partition coefficient (Wildman–Crippen LogP) is 5.08. The van der Waals surface area contributed by atoms with Crippen LogP contribution in [0.25, 0.3) is 0 Å². The predicted molar refractivity (Wildman–Crippen MR) is 136 cm³/mol. The van der Waals surface area contributed by atoms with Crippen molar-refractivity contribution < 1.29 is 32.3 Å². The van der Waals surface area contributed by atoms with Gasteiger partial charge in [0.15, 0.2) is 0 Å². The molecule has 7 nitrogen and oxygen atoms in total. The molecule has 2 atom stereocenters. The van der Waals surface area contributed by atoms with Gasteiger partial charge in [0, 0.05) is 61.9 Å². The van der Waals surface area contributed by atoms with Gasteiger partial charge in [-0.05, 0) is 49.8 Å². The van der Waals surface area contributed by atoms with E-state index in [1.54, 1.807) is 24.1 Å². The van der Waals surface area contributed by atoms with E-state index >= 15 is 0 Å². The summed E-state index contributed by atoms with van der Waals surface area (Å²) in [6, 6.07) is 6.81. The second-order valence-electron chi connectivity index (χ2n) is 11.0. The highest BCUT2D eigenvalue weighted by Crippen LogP contribution is 2.47. The van der Waals surface area contributed by atoms with Crippen LogP contribution in [-0.2, 0) is 14.3 Å². The van der Waals surface area contributed by atoms with Crippen LogP contribution in [0.5, 0.6) is 0 Å². The van der Waals surface area contributed by atoms with Crippen LogP contribution >= 0.6 is 11.6 Å². The number of hydrogen-bond donors (Lipinski definition) is 0. The summed E-state index contributed by atoms with van der Waals surface area (Å²) in [4.78, 5) is 43.9. The maximum Gasteiger partial charge on any atom is 0.409 e. The third-order valence-corrected chi connectivity index (χ3v) is 8.41. The van der Waals surface area contributed by atoms with Gasteiger partial charge in [-0.1, -0.05) is 30.7 Å². The molecular weight excluding hydrogens is 523 g/mol. The van der Waals surface area contributed by atoms with Gasteiger partial charge in [-0.15, -0.1) is 0 Å². The zero-order chi connectivity index (χ0) is 27.7. The van der Waals surface area contributed by atoms with Gasteiger partial charge in [0.05, 0.1) is 12.6 Å². The molecule has 11 heteroatoms. The number of alkyl halides is 3. The Labute approximate surface area is 226 Å². The Hall–Kier alpha value is -2.49. The van der Waals surface area contributed by atoms with Gasteiger partial charge < -0.3 is 19.4 Å². The van der Waals surface area contributed by atoms with Crippen LogP contribution in [0.2, 0.25) is 5.02 Å². The van der Waals surface area contributed by atoms with Gasteiger partial charge in [0.25, 0.3) is 0 Å². The Morgan fingerprint density at radius 3 is 2.29 bits per heavy atom. The molecule has 0 N–H and O–H groups in total. The highest BCUT2D eigenvalue weighted by Gasteiger charge is 2.48. The van der Waals surface area contributed by atoms with Gasteiger partial charge in [-0.25, -0.2) is 4.79 Å². The molecule has 2 saturated heterocycles. The fraction of sp³-hybridized carbons (Fsp3) is 0.667. The van der Waals surface area contributed by atoms with E-state index in [9.17, 15) is 27.6 Å². The van der Waals surface area contributed by atoms with E-state index in [-0.39, 0.29) is 48.6 Å². The third-order valence-electron chi connectivity index (χ3n) is 8.16. The van der Waals surface area contributed by atoms with Crippen molar-refractivity contribution in [3.05, 3.63) is 34.9 Å². The number of likely N-dealkylation sites (N-methyl/N-ethyl adjacent to an activating group) is 1. The van der Waals surface area contributed by atoms with Gasteiger partial charge in [0.1, 0.15) is 0 Å². The quantitative estimate of drug-likeness (QED) is 0.438. The summed E-state index contributed by atoms with van der Waals surface area (Å²) in [6.07, 6.45) is -3.30. The monoisotopic (exact) mass is 557 g/mol. The highest BCUT2D eigenvalue weighted by atomic mass is 35.5. The summed E-state index contributed by atoms with van der Waals surface area (Å²) >= 11 is 6.06. The SMILES string of the molecule is CN(C(=O)OCCCC(F)(F)F)C1CN(C(=O)C2CCN(C(=O)C3(C)CC3)CC2)CC1c1ccc(Cl)cc1. The summed E-state index contributed by atoms with van der Waals surface area (Å²) in [6.45, 7) is 3.47. The van der Waals surface area contributed by atoms with E-state index < -0.39 is 24.7 Å². The summed E-state index contributed by atoms with van der Waals surface area (Å²) in [5.74, 6) is -0.221. The zero-order valence-electron chi connectivity index (χ0n) is 21.8. The molecule has 3 fully saturated rings. The van der Waals surface area contributed by atoms with Gasteiger partial charge in [-0.3, -0.25) is 9.59 Å². The molecule has 4 rings (SSSR count). The number of benzene rings is 1. The number of nitrogens with zero attached hydrogens (tertiary/aromatic N) is 3. The smallest absolute Gasteiger partial charge is 0.409 e. The third kappa shape index (κ3) is 6.74. The van der Waals surface area contributed by atoms with Gasteiger partial charge >= 0.3 is 12.3 Å². The first kappa shape index (κ1) is 28.5. The molecule has 210 valence electrons. The van der Waals surface area contributed by atoms with Crippen molar-refractivity contribution in [1.29, 1.82) is 0 Å². The molecule has 2 unspecified atom stereocenters. The highest BCUT2D eigenvalue weighted by molar-refractivity contribution is 6.30. The number of carbonyl (C=O) groups excluding carboxylic acids is 3. The number of ether oxygens (including phenoxy) is 1. The molecule has 3 aliphatic rings. The molecule has 1 aromatic rings. The van der Waals surface area contributed by atoms with E-state index in [2.05, 4.69) is 0 Å². The van der Waals surface area contributed by atoms with Crippen LogP contribution < -0.4 is 0 Å². The van der Waals surface area contributed by atoms with E-state index in [4.69, 9.17) is 16.3 Å². The maximum absolute atomic E-state index is 13.5. The molecule has 0 bridgehead atoms. The summed E-state index contributed by atoms with van der Waals surface area (Å²) < 4.78 is 42.4. The maximum atomic E-state index is 13.5. The van der Waals surface area contributed by atoms with E-state index in [1.165, 1.54) is 4.90 Å². The molecule has 1 saturated carbocycles. The molecule has 1 aliphatic carbocycles. The van der Waals surface area contributed by atoms with Crippen LogP contribution in [-0.4, -0.2) is 84.7 Å². The van der Waals surface area contributed by atoms with Crippen LogP contribution in [0.15, 0.2) is 24.3 Å². The Bertz CT molecular complexity index is 1020. The topological polar surface area (TPSA) is 70.2 Å². The van der Waals surface area contributed by atoms with Gasteiger partial charge in [-0.2, -0.15) is 13.2 Å². The van der Waals surface area contributed by atoms with Crippen LogP contribution in [0.4, 0.5) is 18.0 Å². The van der Waals surface area contributed by atoms with Crippen molar-refractivity contribution in [2.45, 2.75) is 63.6 Å². The van der Waals surface area contributed by atoms with Crippen LogP contribution in [0.3, 0.4) is 0 Å². The minimum absolute atomic E-state index is 0.00291. The molecule has 0 radical (unpaired) electrons. The number of likely N-dealkylation sites (tertiary alicyclic amines) is 2. The van der Waals surface area contributed by atoms with Crippen LogP contribution in [0, 0.1) is 11.3 Å². The summed E-state index contributed by atoms with van der Waals surface area (Å²) in [5, 5.41) is 0.565. The lowest BCUT2D eigenvalue weighted by Crippen LogP contribution is -2.46. The van der Waals surface area contributed by atoms with Crippen LogP contribution in [0.1, 0.15) is 56.9 Å². The van der Waals surface area contributed by atoms with E-state index in [0.29, 0.717) is 37.5 Å². The molecule has 2 heterocycles. The first-order valence-electron chi connectivity index (χ1n) is 13.2. The minimum atomic E-state index is -4.30. The molecule has 1 aromatic carbocycles. The first-order chi connectivity index (χ1) is 17.9. The summed E-state index contributed by atoms with van der Waals surface area (Å²) in [5.41, 5.74) is 0.682. The van der Waals surface area contributed by atoms with Crippen molar-refractivity contribution >= 4 is 29.5 Å². The normalized spacial score (nSPS) is 23.3. The van der Waals surface area contributed by atoms with Crippen molar-refractivity contribution in [1.82, 2.24) is 14.7 Å². The molecule has 0 spiro atoms. The van der Waals surface area contributed by atoms with Crippen molar-refractivity contribution in [3.8, 4) is 0 Å². The molecule has 38 heavy (non-hydrogen) atoms. The average molecular weight is 558 g/mol.